The minimum absolute atomic E-state index is 0.0521. The van der Waals surface area contributed by atoms with Gasteiger partial charge in [0.25, 0.3) is 0 Å². The Hall–Kier alpha value is -4.80. The van der Waals surface area contributed by atoms with Crippen LogP contribution in [0.4, 0.5) is 0 Å². The molecule has 0 radical (unpaired) electrons. The summed E-state index contributed by atoms with van der Waals surface area (Å²) in [6, 6.07) is 0. The highest BCUT2D eigenvalue weighted by Gasteiger charge is 2.30. The number of phosphoric ester groups is 2. The van der Waals surface area contributed by atoms with Crippen LogP contribution in [0, 0.1) is 0 Å². The van der Waals surface area contributed by atoms with Gasteiger partial charge in [0.2, 0.25) is 0 Å². The molecule has 0 spiro atoms. The van der Waals surface area contributed by atoms with E-state index in [1.54, 1.807) is 6.08 Å². The van der Waals surface area contributed by atoms with Crippen LogP contribution in [-0.4, -0.2) is 96.7 Å². The Morgan fingerprint density at radius 3 is 0.969 bits per heavy atom. The zero-order valence-corrected chi connectivity index (χ0v) is 61.3. The maximum Gasteiger partial charge on any atom is 0.472 e. The molecule has 96 heavy (non-hydrogen) atoms. The molecule has 0 aliphatic carbocycles. The maximum atomic E-state index is 13.0. The Labute approximate surface area is 580 Å². The van der Waals surface area contributed by atoms with Crippen LogP contribution in [0.25, 0.3) is 0 Å². The highest BCUT2D eigenvalue weighted by molar-refractivity contribution is 7.47. The minimum Gasteiger partial charge on any atom is -0.462 e. The molecule has 0 saturated carbocycles. The summed E-state index contributed by atoms with van der Waals surface area (Å²) in [6.45, 7) is 4.39. The van der Waals surface area contributed by atoms with Gasteiger partial charge in [0.05, 0.1) is 32.8 Å². The number of carbonyl (C=O) groups excluding carboxylic acids is 4. The van der Waals surface area contributed by atoms with Gasteiger partial charge in [-0.1, -0.05) is 245 Å². The number of ether oxygens (including phenoxy) is 4. The molecule has 19 heteroatoms. The molecule has 3 N–H and O–H groups in total. The first-order valence-corrected chi connectivity index (χ1v) is 39.4. The van der Waals surface area contributed by atoms with E-state index in [0.717, 1.165) is 161 Å². The quantitative estimate of drug-likeness (QED) is 0.0169. The Morgan fingerprint density at radius 2 is 0.594 bits per heavy atom. The predicted molar refractivity (Wildman–Crippen MR) is 390 cm³/mol. The lowest BCUT2D eigenvalue weighted by Gasteiger charge is -2.21. The molecule has 5 atom stereocenters. The number of hydrogen-bond donors (Lipinski definition) is 3. The Kier molecular flexibility index (Phi) is 65.3. The third-order valence-corrected chi connectivity index (χ3v) is 16.5. The van der Waals surface area contributed by atoms with Crippen LogP contribution in [0.5, 0.6) is 0 Å². The average molecular weight is 1390 g/mol. The van der Waals surface area contributed by atoms with Gasteiger partial charge in [-0.25, -0.2) is 9.13 Å². The largest absolute Gasteiger partial charge is 0.472 e. The van der Waals surface area contributed by atoms with E-state index in [-0.39, 0.29) is 25.7 Å². The van der Waals surface area contributed by atoms with Crippen LogP contribution in [0.2, 0.25) is 0 Å². The second kappa shape index (κ2) is 68.7. The molecule has 548 valence electrons. The summed E-state index contributed by atoms with van der Waals surface area (Å²) in [5, 5.41) is 10.6. The number of allylic oxidation sites excluding steroid dienone is 21. The van der Waals surface area contributed by atoms with Crippen molar-refractivity contribution in [2.24, 2.45) is 0 Å². The third-order valence-electron chi connectivity index (χ3n) is 14.6. The number of hydrogen-bond acceptors (Lipinski definition) is 15. The fourth-order valence-corrected chi connectivity index (χ4v) is 10.7. The van der Waals surface area contributed by atoms with Gasteiger partial charge in [-0.15, -0.1) is 0 Å². The van der Waals surface area contributed by atoms with Crippen molar-refractivity contribution in [3.05, 3.63) is 134 Å². The van der Waals surface area contributed by atoms with Crippen LogP contribution in [0.1, 0.15) is 272 Å². The molecule has 0 rings (SSSR count). The van der Waals surface area contributed by atoms with Crippen molar-refractivity contribution < 1.29 is 80.2 Å². The van der Waals surface area contributed by atoms with Crippen molar-refractivity contribution >= 4 is 39.5 Å². The van der Waals surface area contributed by atoms with E-state index in [4.69, 9.17) is 37.0 Å². The van der Waals surface area contributed by atoms with Gasteiger partial charge >= 0.3 is 39.5 Å². The molecule has 0 aromatic heterocycles. The SMILES string of the molecule is CC/C=C\C/C=C\C/C=C\C/C=C\C/C=C\CC(=O)OCC(COP(=O)(O)OCC(O)COP(=O)(O)OCC(COC(=O)CCCCCCC/C=C\C/C=C\CCCCC)OC(=O)CCCCCCC/C=C\CCCC)OC(=O)CCCCCCC/C=C\C/C=C\C/C=C\CC. The normalized spacial score (nSPS) is 14.8. The molecular weight excluding hydrogens is 1260 g/mol. The Morgan fingerprint density at radius 1 is 0.312 bits per heavy atom. The zero-order valence-electron chi connectivity index (χ0n) is 59.5. The van der Waals surface area contributed by atoms with E-state index in [2.05, 4.69) is 137 Å². The van der Waals surface area contributed by atoms with Crippen molar-refractivity contribution in [1.82, 2.24) is 0 Å². The third kappa shape index (κ3) is 67.8. The lowest BCUT2D eigenvalue weighted by Crippen LogP contribution is -2.30. The van der Waals surface area contributed by atoms with Crippen molar-refractivity contribution in [2.45, 2.75) is 290 Å². The summed E-state index contributed by atoms with van der Waals surface area (Å²) >= 11 is 0. The van der Waals surface area contributed by atoms with Crippen molar-refractivity contribution in [1.29, 1.82) is 0 Å². The van der Waals surface area contributed by atoms with Crippen LogP contribution in [0.15, 0.2) is 134 Å². The molecule has 0 bridgehead atoms. The van der Waals surface area contributed by atoms with Crippen LogP contribution in [-0.2, 0) is 65.4 Å². The molecule has 0 aliphatic heterocycles. The molecule has 0 fully saturated rings. The minimum atomic E-state index is -5.00. The van der Waals surface area contributed by atoms with Gasteiger partial charge in [-0.3, -0.25) is 37.3 Å². The smallest absolute Gasteiger partial charge is 0.462 e. The van der Waals surface area contributed by atoms with E-state index in [0.29, 0.717) is 25.7 Å². The fraction of sp³-hybridized carbons (Fsp3) is 0.662. The number of phosphoric acid groups is 2. The van der Waals surface area contributed by atoms with E-state index < -0.39 is 97.5 Å². The molecule has 0 amide bonds. The fourth-order valence-electron chi connectivity index (χ4n) is 9.08. The highest BCUT2D eigenvalue weighted by atomic mass is 31.2. The Bertz CT molecular complexity index is 2350. The number of aliphatic hydroxyl groups excluding tert-OH is 1. The number of aliphatic hydroxyl groups is 1. The second-order valence-electron chi connectivity index (χ2n) is 23.8. The van der Waals surface area contributed by atoms with Gasteiger partial charge < -0.3 is 33.8 Å². The lowest BCUT2D eigenvalue weighted by molar-refractivity contribution is -0.161. The summed E-state index contributed by atoms with van der Waals surface area (Å²) in [4.78, 5) is 72.6. The van der Waals surface area contributed by atoms with E-state index >= 15 is 0 Å². The number of carbonyl (C=O) groups is 4. The van der Waals surface area contributed by atoms with E-state index in [1.165, 1.54) is 32.1 Å². The topological polar surface area (TPSA) is 237 Å². The summed E-state index contributed by atoms with van der Waals surface area (Å²) in [5.41, 5.74) is 0. The maximum absolute atomic E-state index is 13.0. The first-order chi connectivity index (χ1) is 46.7. The molecule has 0 aliphatic rings. The summed E-state index contributed by atoms with van der Waals surface area (Å²) < 4.78 is 68.2. The second-order valence-corrected chi connectivity index (χ2v) is 26.7. The number of rotatable bonds is 67. The van der Waals surface area contributed by atoms with Gasteiger partial charge in [-0.05, 0) is 135 Å². The zero-order chi connectivity index (χ0) is 70.4. The molecule has 0 saturated heterocycles. The van der Waals surface area contributed by atoms with Crippen molar-refractivity contribution in [3.63, 3.8) is 0 Å². The summed E-state index contributed by atoms with van der Waals surface area (Å²) in [6.07, 6.45) is 74.9. The Balaban J connectivity index is 5.43. The van der Waals surface area contributed by atoms with Gasteiger partial charge in [0.1, 0.15) is 19.3 Å². The monoisotopic (exact) mass is 1390 g/mol. The van der Waals surface area contributed by atoms with Crippen LogP contribution < -0.4 is 0 Å². The predicted octanol–water partition coefficient (Wildman–Crippen LogP) is 20.5. The lowest BCUT2D eigenvalue weighted by atomic mass is 10.1. The van der Waals surface area contributed by atoms with E-state index in [1.807, 2.05) is 18.2 Å². The summed E-state index contributed by atoms with van der Waals surface area (Å²) in [5.74, 6) is -2.37. The first kappa shape index (κ1) is 91.2. The van der Waals surface area contributed by atoms with Crippen molar-refractivity contribution in [3.8, 4) is 0 Å². The first-order valence-electron chi connectivity index (χ1n) is 36.4. The molecule has 17 nitrogen and oxygen atoms in total. The molecular formula is C77H128O17P2. The van der Waals surface area contributed by atoms with Gasteiger partial charge in [0, 0.05) is 19.3 Å². The van der Waals surface area contributed by atoms with Crippen molar-refractivity contribution in [2.75, 3.05) is 39.6 Å². The summed E-state index contributed by atoms with van der Waals surface area (Å²) in [7, 11) is -9.98. The average Bonchev–Trinajstić information content (AvgIpc) is 1.09. The number of esters is 4. The molecule has 0 aromatic carbocycles. The van der Waals surface area contributed by atoms with Crippen LogP contribution >= 0.6 is 15.6 Å². The van der Waals surface area contributed by atoms with Crippen LogP contribution in [0.3, 0.4) is 0 Å². The standard InChI is InChI=1S/C77H128O17P2/c1-5-9-13-17-21-25-29-32-35-38-42-45-49-53-57-61-74(79)87-67-72(93-76(81)63-59-55-51-47-41-28-24-20-16-12-8-4)69-91-95(83,84)89-65-71(78)66-90-96(85,86)92-70-73(94-77(82)64-60-56-52-48-44-40-37-34-31-27-23-19-15-11-7-3)68-88-75(80)62-58-54-50-46-43-39-36-33-30-26-22-18-14-10-6-2/h10-11,14-15,20-27,32-37,43,46,54,58,71-73,78H,5-9,12-13,16-19,28-31,38-42,44-45,47-53,55-57,59-70H2,1-4H3,(H,83,84)(H,85,86)/b14-10-,15-11-,24-20-,25-21-,26-22-,27-23-,35-32-,36-33-,37-34-,46-43-,58-54-. The number of unbranched alkanes of at least 4 members (excludes halogenated alkanes) is 20. The van der Waals surface area contributed by atoms with Gasteiger partial charge in [0.15, 0.2) is 12.2 Å². The molecule has 0 heterocycles. The van der Waals surface area contributed by atoms with Gasteiger partial charge in [-0.2, -0.15) is 0 Å². The highest BCUT2D eigenvalue weighted by Crippen LogP contribution is 2.45. The van der Waals surface area contributed by atoms with E-state index in [9.17, 15) is 43.2 Å². The molecule has 0 aromatic rings. The molecule has 5 unspecified atom stereocenters.